The molecule has 0 aliphatic rings. The largest absolute Gasteiger partial charge is 0.494 e. The summed E-state index contributed by atoms with van der Waals surface area (Å²) in [6.07, 6.45) is 1.16. The van der Waals surface area contributed by atoms with Crippen molar-refractivity contribution in [2.75, 3.05) is 12.5 Å². The van der Waals surface area contributed by atoms with Crippen molar-refractivity contribution >= 4 is 43.6 Å². The maximum Gasteiger partial charge on any atom is 0.276 e. The zero-order chi connectivity index (χ0) is 19.0. The number of nitrogens with zero attached hydrogens (tertiary/aromatic N) is 1. The van der Waals surface area contributed by atoms with Crippen LogP contribution in [0, 0.1) is 6.92 Å². The number of carbonyl (C=O) groups is 1. The number of hydrazine groups is 1. The van der Waals surface area contributed by atoms with Crippen LogP contribution in [-0.4, -0.2) is 18.0 Å². The Kier molecular flexibility index (Phi) is 4.25. The van der Waals surface area contributed by atoms with Crippen LogP contribution in [0.1, 0.15) is 15.9 Å². The molecule has 2 aromatic carbocycles. The van der Waals surface area contributed by atoms with Gasteiger partial charge in [0.05, 0.1) is 17.2 Å². The van der Waals surface area contributed by atoms with Gasteiger partial charge in [0.25, 0.3) is 5.91 Å². The van der Waals surface area contributed by atoms with Crippen molar-refractivity contribution in [1.29, 1.82) is 0 Å². The molecule has 0 spiro atoms. The molecule has 0 bridgehead atoms. The number of aryl methyl sites for hydroxylation is 1. The summed E-state index contributed by atoms with van der Waals surface area (Å²) in [5.74, 6) is 0.0545. The molecule has 8 heteroatoms. The van der Waals surface area contributed by atoms with E-state index in [0.29, 0.717) is 27.4 Å². The minimum atomic E-state index is -0.600. The van der Waals surface area contributed by atoms with Crippen molar-refractivity contribution in [3.05, 3.63) is 64.0 Å². The van der Waals surface area contributed by atoms with Gasteiger partial charge in [0.2, 0.25) is 10.6 Å². The maximum absolute atomic E-state index is 12.5. The maximum atomic E-state index is 12.5. The van der Waals surface area contributed by atoms with E-state index in [9.17, 15) is 9.59 Å². The van der Waals surface area contributed by atoms with Crippen LogP contribution in [0.4, 0.5) is 5.13 Å². The van der Waals surface area contributed by atoms with Crippen LogP contribution in [0.15, 0.2) is 51.9 Å². The number of methoxy groups -OCH3 is 1. The highest BCUT2D eigenvalue weighted by Gasteiger charge is 2.16. The molecule has 0 fully saturated rings. The number of hydrogen-bond acceptors (Lipinski definition) is 7. The first-order valence-electron chi connectivity index (χ1n) is 8.09. The topological polar surface area (TPSA) is 93.5 Å². The lowest BCUT2D eigenvalue weighted by Gasteiger charge is -2.05. The third kappa shape index (κ3) is 3.00. The molecular formula is C19H15N3O4S. The smallest absolute Gasteiger partial charge is 0.276 e. The zero-order valence-electron chi connectivity index (χ0n) is 14.5. The predicted octanol–water partition coefficient (Wildman–Crippen LogP) is 3.48. The number of amides is 1. The number of thiazole rings is 1. The van der Waals surface area contributed by atoms with Gasteiger partial charge in [-0.25, -0.2) is 4.98 Å². The normalized spacial score (nSPS) is 10.9. The highest BCUT2D eigenvalue weighted by atomic mass is 32.1. The second kappa shape index (κ2) is 6.73. The van der Waals surface area contributed by atoms with Crippen molar-refractivity contribution in [3.8, 4) is 5.75 Å². The van der Waals surface area contributed by atoms with E-state index in [4.69, 9.17) is 9.15 Å². The van der Waals surface area contributed by atoms with Gasteiger partial charge in [0.1, 0.15) is 28.7 Å². The molecule has 2 N–H and O–H groups in total. The molecule has 0 atom stereocenters. The molecule has 0 radical (unpaired) electrons. The van der Waals surface area contributed by atoms with Crippen LogP contribution in [-0.2, 0) is 0 Å². The molecule has 27 heavy (non-hydrogen) atoms. The standard InChI is InChI=1S/C19H15N3O4S/c1-10-7-8-14(25-2)15-17(10)27-19(20-15)22-21-18(24)12-9-26-13-6-4-3-5-11(13)16(12)23/h3-9H,1-2H3,(H,20,22)(H,21,24). The van der Waals surface area contributed by atoms with E-state index >= 15 is 0 Å². The Bertz CT molecular complexity index is 1230. The molecule has 4 aromatic rings. The van der Waals surface area contributed by atoms with Crippen molar-refractivity contribution < 1.29 is 13.9 Å². The van der Waals surface area contributed by atoms with E-state index in [1.165, 1.54) is 11.3 Å². The Labute approximate surface area is 157 Å². The van der Waals surface area contributed by atoms with Gasteiger partial charge in [-0.1, -0.05) is 29.5 Å². The summed E-state index contributed by atoms with van der Waals surface area (Å²) in [4.78, 5) is 29.3. The molecule has 136 valence electrons. The van der Waals surface area contributed by atoms with Gasteiger partial charge >= 0.3 is 0 Å². The fourth-order valence-corrected chi connectivity index (χ4v) is 3.64. The van der Waals surface area contributed by atoms with Crippen LogP contribution < -0.4 is 21.0 Å². The Morgan fingerprint density at radius 1 is 1.22 bits per heavy atom. The Morgan fingerprint density at radius 3 is 2.85 bits per heavy atom. The predicted molar refractivity (Wildman–Crippen MR) is 104 cm³/mol. The number of nitrogens with one attached hydrogen (secondary N) is 2. The summed E-state index contributed by atoms with van der Waals surface area (Å²) in [7, 11) is 1.58. The van der Waals surface area contributed by atoms with Crippen LogP contribution in [0.2, 0.25) is 0 Å². The van der Waals surface area contributed by atoms with Gasteiger partial charge in [-0.15, -0.1) is 0 Å². The summed E-state index contributed by atoms with van der Waals surface area (Å²) < 4.78 is 11.7. The van der Waals surface area contributed by atoms with Gasteiger partial charge in [-0.05, 0) is 30.7 Å². The van der Waals surface area contributed by atoms with Crippen LogP contribution in [0.3, 0.4) is 0 Å². The first-order valence-corrected chi connectivity index (χ1v) is 8.91. The van der Waals surface area contributed by atoms with E-state index in [1.807, 2.05) is 19.1 Å². The average Bonchev–Trinajstić information content (AvgIpc) is 3.12. The number of ether oxygens (including phenoxy) is 1. The molecule has 0 aliphatic carbocycles. The zero-order valence-corrected chi connectivity index (χ0v) is 15.3. The third-order valence-electron chi connectivity index (χ3n) is 4.13. The molecule has 2 aromatic heterocycles. The number of carbonyl (C=O) groups excluding carboxylic acids is 1. The highest BCUT2D eigenvalue weighted by Crippen LogP contribution is 2.34. The molecule has 0 saturated heterocycles. The molecule has 0 unspecified atom stereocenters. The highest BCUT2D eigenvalue weighted by molar-refractivity contribution is 7.22. The second-order valence-corrected chi connectivity index (χ2v) is 6.83. The minimum Gasteiger partial charge on any atom is -0.494 e. The first kappa shape index (κ1) is 17.0. The monoisotopic (exact) mass is 381 g/mol. The summed E-state index contributed by atoms with van der Waals surface area (Å²) in [5, 5.41) is 0.835. The number of benzene rings is 2. The first-order chi connectivity index (χ1) is 13.1. The second-order valence-electron chi connectivity index (χ2n) is 5.84. The number of rotatable bonds is 4. The summed E-state index contributed by atoms with van der Waals surface area (Å²) in [6.45, 7) is 1.97. The summed E-state index contributed by atoms with van der Waals surface area (Å²) >= 11 is 1.38. The van der Waals surface area contributed by atoms with Crippen molar-refractivity contribution in [2.45, 2.75) is 6.92 Å². The molecule has 0 aliphatic heterocycles. The number of hydrogen-bond donors (Lipinski definition) is 2. The van der Waals surface area contributed by atoms with Gasteiger partial charge in [0, 0.05) is 0 Å². The average molecular weight is 381 g/mol. The molecule has 2 heterocycles. The number of aromatic nitrogens is 1. The van der Waals surface area contributed by atoms with E-state index < -0.39 is 11.3 Å². The van der Waals surface area contributed by atoms with E-state index in [1.54, 1.807) is 31.4 Å². The lowest BCUT2D eigenvalue weighted by molar-refractivity contribution is 0.0960. The lowest BCUT2D eigenvalue weighted by atomic mass is 10.2. The molecule has 4 rings (SSSR count). The summed E-state index contributed by atoms with van der Waals surface area (Å²) in [5.41, 5.74) is 6.97. The SMILES string of the molecule is COc1ccc(C)c2sc(NNC(=O)c3coc4ccccc4c3=O)nc12. The van der Waals surface area contributed by atoms with Gasteiger partial charge in [0.15, 0.2) is 0 Å². The van der Waals surface area contributed by atoms with Gasteiger partial charge < -0.3 is 9.15 Å². The van der Waals surface area contributed by atoms with Gasteiger partial charge in [-0.3, -0.25) is 20.4 Å². The van der Waals surface area contributed by atoms with Crippen molar-refractivity contribution in [1.82, 2.24) is 10.4 Å². The summed E-state index contributed by atoms with van der Waals surface area (Å²) in [6, 6.07) is 10.6. The van der Waals surface area contributed by atoms with E-state index in [-0.39, 0.29) is 5.56 Å². The quantitative estimate of drug-likeness (QED) is 0.526. The molecule has 7 nitrogen and oxygen atoms in total. The van der Waals surface area contributed by atoms with Crippen molar-refractivity contribution in [3.63, 3.8) is 0 Å². The van der Waals surface area contributed by atoms with Crippen LogP contribution in [0.5, 0.6) is 5.75 Å². The fraction of sp³-hybridized carbons (Fsp3) is 0.105. The van der Waals surface area contributed by atoms with Crippen LogP contribution >= 0.6 is 11.3 Å². The van der Waals surface area contributed by atoms with Crippen molar-refractivity contribution in [2.24, 2.45) is 0 Å². The number of anilines is 1. The van der Waals surface area contributed by atoms with Crippen LogP contribution in [0.25, 0.3) is 21.2 Å². The van der Waals surface area contributed by atoms with E-state index in [0.717, 1.165) is 16.5 Å². The Morgan fingerprint density at radius 2 is 2.04 bits per heavy atom. The van der Waals surface area contributed by atoms with Gasteiger partial charge in [-0.2, -0.15) is 0 Å². The number of para-hydroxylation sites is 1. The van der Waals surface area contributed by atoms with E-state index in [2.05, 4.69) is 15.8 Å². The molecule has 1 amide bonds. The molecule has 0 saturated carbocycles. The third-order valence-corrected chi connectivity index (χ3v) is 5.24. The number of fused-ring (bicyclic) bond motifs is 2. The lowest BCUT2D eigenvalue weighted by Crippen LogP contribution is -2.32. The Hall–Kier alpha value is -3.39. The molecular weight excluding hydrogens is 366 g/mol. The minimum absolute atomic E-state index is 0.0870. The Balaban J connectivity index is 1.60. The fourth-order valence-electron chi connectivity index (χ4n) is 2.74.